The molecule has 0 atom stereocenters. The molecule has 5 N–H and O–H groups in total. The van der Waals surface area contributed by atoms with Gasteiger partial charge in [0.1, 0.15) is 11.5 Å². The molecule has 0 saturated heterocycles. The Hall–Kier alpha value is -4.65. The number of carbonyl (C=O) groups excluding carboxylic acids is 1. The van der Waals surface area contributed by atoms with E-state index in [9.17, 15) is 4.79 Å². The summed E-state index contributed by atoms with van der Waals surface area (Å²) in [6.07, 6.45) is 0. The molecule has 1 amide bonds. The number of amides is 1. The first kappa shape index (κ1) is 19.3. The zero-order valence-corrected chi connectivity index (χ0v) is 16.9. The van der Waals surface area contributed by atoms with Crippen LogP contribution in [0.5, 0.6) is 11.5 Å². The molecular formula is C25H19N5O2. The van der Waals surface area contributed by atoms with E-state index in [1.807, 2.05) is 72.8 Å². The number of aromatic nitrogens is 3. The van der Waals surface area contributed by atoms with Gasteiger partial charge in [-0.15, -0.1) is 0 Å². The van der Waals surface area contributed by atoms with Gasteiger partial charge in [0.05, 0.1) is 22.3 Å². The summed E-state index contributed by atoms with van der Waals surface area (Å²) in [5, 5.41) is 7.87. The number of hydrogen-bond acceptors (Lipinski definition) is 5. The predicted octanol–water partition coefficient (Wildman–Crippen LogP) is 4.77. The molecule has 0 aliphatic rings. The van der Waals surface area contributed by atoms with Crippen LogP contribution in [0.4, 0.5) is 5.82 Å². The molecule has 2 aromatic heterocycles. The summed E-state index contributed by atoms with van der Waals surface area (Å²) in [4.78, 5) is 16.2. The zero-order chi connectivity index (χ0) is 22.1. The average molecular weight is 421 g/mol. The lowest BCUT2D eigenvalue weighted by atomic mass is 10.0. The van der Waals surface area contributed by atoms with Gasteiger partial charge in [-0.1, -0.05) is 30.3 Å². The van der Waals surface area contributed by atoms with Crippen molar-refractivity contribution in [1.29, 1.82) is 0 Å². The molecule has 5 rings (SSSR count). The van der Waals surface area contributed by atoms with E-state index in [4.69, 9.17) is 21.2 Å². The largest absolute Gasteiger partial charge is 0.457 e. The third kappa shape index (κ3) is 3.63. The van der Waals surface area contributed by atoms with Crippen molar-refractivity contribution in [2.24, 2.45) is 5.73 Å². The molecule has 0 spiro atoms. The molecule has 0 radical (unpaired) electrons. The van der Waals surface area contributed by atoms with Crippen molar-refractivity contribution in [3.8, 4) is 34.0 Å². The number of carbonyl (C=O) groups is 1. The van der Waals surface area contributed by atoms with Crippen LogP contribution in [0.2, 0.25) is 0 Å². The molecule has 0 fully saturated rings. The number of para-hydroxylation sites is 1. The smallest absolute Gasteiger partial charge is 0.248 e. The summed E-state index contributed by atoms with van der Waals surface area (Å²) in [5.74, 6) is 1.39. The third-order valence-electron chi connectivity index (χ3n) is 5.14. The van der Waals surface area contributed by atoms with Gasteiger partial charge in [0.25, 0.3) is 0 Å². The first-order valence-electron chi connectivity index (χ1n) is 9.96. The van der Waals surface area contributed by atoms with Crippen LogP contribution >= 0.6 is 0 Å². The van der Waals surface area contributed by atoms with Crippen molar-refractivity contribution in [3.63, 3.8) is 0 Å². The number of benzene rings is 3. The number of hydrogen-bond donors (Lipinski definition) is 3. The number of nitrogens with zero attached hydrogens (tertiary/aromatic N) is 2. The summed E-state index contributed by atoms with van der Waals surface area (Å²) in [6, 6.07) is 26.1. The molecule has 7 nitrogen and oxygen atoms in total. The molecule has 32 heavy (non-hydrogen) atoms. The van der Waals surface area contributed by atoms with Crippen LogP contribution in [0.1, 0.15) is 10.4 Å². The quantitative estimate of drug-likeness (QED) is 0.378. The maximum absolute atomic E-state index is 11.4. The molecule has 0 aliphatic heterocycles. The number of pyridine rings is 1. The number of nitrogens with two attached hydrogens (primary N) is 2. The van der Waals surface area contributed by atoms with Gasteiger partial charge in [-0.25, -0.2) is 4.98 Å². The SMILES string of the molecule is NC(=O)c1ccc(-c2cc3[nH]nc(N)c3c(-c3ccc(Oc4ccccc4)cc3)n2)cc1. The molecule has 3 aromatic carbocycles. The number of nitrogens with one attached hydrogen (secondary N) is 1. The molecule has 0 unspecified atom stereocenters. The van der Waals surface area contributed by atoms with Gasteiger partial charge in [0.2, 0.25) is 5.91 Å². The van der Waals surface area contributed by atoms with Gasteiger partial charge in [-0.05, 0) is 54.6 Å². The molecule has 156 valence electrons. The monoisotopic (exact) mass is 421 g/mol. The second-order valence-electron chi connectivity index (χ2n) is 7.27. The van der Waals surface area contributed by atoms with Crippen LogP contribution in [0, 0.1) is 0 Å². The van der Waals surface area contributed by atoms with Gasteiger partial charge < -0.3 is 16.2 Å². The second kappa shape index (κ2) is 7.88. The van der Waals surface area contributed by atoms with Gasteiger partial charge in [0.15, 0.2) is 5.82 Å². The first-order valence-corrected chi connectivity index (χ1v) is 9.96. The van der Waals surface area contributed by atoms with E-state index in [1.165, 1.54) is 0 Å². The Bertz CT molecular complexity index is 1410. The van der Waals surface area contributed by atoms with Crippen molar-refractivity contribution in [1.82, 2.24) is 15.2 Å². The number of nitrogen functional groups attached to an aromatic ring is 1. The minimum absolute atomic E-state index is 0.378. The van der Waals surface area contributed by atoms with Crippen LogP contribution in [0.25, 0.3) is 33.4 Å². The number of anilines is 1. The van der Waals surface area contributed by atoms with E-state index in [0.717, 1.165) is 39.2 Å². The van der Waals surface area contributed by atoms with E-state index in [1.54, 1.807) is 12.1 Å². The summed E-state index contributed by atoms with van der Waals surface area (Å²) in [6.45, 7) is 0. The van der Waals surface area contributed by atoms with Gasteiger partial charge in [0, 0.05) is 16.7 Å². The minimum Gasteiger partial charge on any atom is -0.457 e. The van der Waals surface area contributed by atoms with Gasteiger partial charge in [-0.2, -0.15) is 5.10 Å². The Kier molecular flexibility index (Phi) is 4.76. The second-order valence-corrected chi connectivity index (χ2v) is 7.27. The van der Waals surface area contributed by atoms with Crippen LogP contribution < -0.4 is 16.2 Å². The lowest BCUT2D eigenvalue weighted by molar-refractivity contribution is 0.100. The third-order valence-corrected chi connectivity index (χ3v) is 5.14. The highest BCUT2D eigenvalue weighted by atomic mass is 16.5. The van der Waals surface area contributed by atoms with E-state index >= 15 is 0 Å². The van der Waals surface area contributed by atoms with Gasteiger partial charge in [-0.3, -0.25) is 9.89 Å². The highest BCUT2D eigenvalue weighted by Crippen LogP contribution is 2.34. The fourth-order valence-electron chi connectivity index (χ4n) is 3.54. The van der Waals surface area contributed by atoms with E-state index in [-0.39, 0.29) is 0 Å². The molecule has 0 aliphatic carbocycles. The van der Waals surface area contributed by atoms with E-state index < -0.39 is 5.91 Å². The van der Waals surface area contributed by atoms with E-state index in [0.29, 0.717) is 17.1 Å². The lowest BCUT2D eigenvalue weighted by Gasteiger charge is -2.10. The normalized spacial score (nSPS) is 10.9. The Balaban J connectivity index is 1.55. The number of fused-ring (bicyclic) bond motifs is 1. The maximum Gasteiger partial charge on any atom is 0.248 e. The molecule has 2 heterocycles. The highest BCUT2D eigenvalue weighted by molar-refractivity contribution is 6.01. The molecule has 0 bridgehead atoms. The van der Waals surface area contributed by atoms with Crippen LogP contribution in [-0.2, 0) is 0 Å². The Morgan fingerprint density at radius 3 is 2.19 bits per heavy atom. The summed E-state index contributed by atoms with van der Waals surface area (Å²) < 4.78 is 5.89. The lowest BCUT2D eigenvalue weighted by Crippen LogP contribution is -2.10. The van der Waals surface area contributed by atoms with Crippen molar-refractivity contribution >= 4 is 22.6 Å². The minimum atomic E-state index is -0.472. The van der Waals surface area contributed by atoms with Gasteiger partial charge >= 0.3 is 0 Å². The van der Waals surface area contributed by atoms with Crippen LogP contribution in [0.3, 0.4) is 0 Å². The molecule has 7 heteroatoms. The average Bonchev–Trinajstić information content (AvgIpc) is 3.20. The Morgan fingerprint density at radius 1 is 0.844 bits per heavy atom. The van der Waals surface area contributed by atoms with Crippen LogP contribution in [0.15, 0.2) is 84.9 Å². The summed E-state index contributed by atoms with van der Waals surface area (Å²) >= 11 is 0. The molecule has 0 saturated carbocycles. The first-order chi connectivity index (χ1) is 15.6. The predicted molar refractivity (Wildman–Crippen MR) is 124 cm³/mol. The Labute approximate surface area is 183 Å². The molecular weight excluding hydrogens is 402 g/mol. The zero-order valence-electron chi connectivity index (χ0n) is 16.9. The number of primary amides is 1. The number of H-pyrrole nitrogens is 1. The summed E-state index contributed by atoms with van der Waals surface area (Å²) in [5.41, 5.74) is 15.8. The Morgan fingerprint density at radius 2 is 1.50 bits per heavy atom. The fourth-order valence-corrected chi connectivity index (χ4v) is 3.54. The topological polar surface area (TPSA) is 120 Å². The maximum atomic E-state index is 11.4. The van der Waals surface area contributed by atoms with Crippen molar-refractivity contribution in [3.05, 3.63) is 90.5 Å². The fraction of sp³-hybridized carbons (Fsp3) is 0. The van der Waals surface area contributed by atoms with E-state index in [2.05, 4.69) is 10.2 Å². The van der Waals surface area contributed by atoms with Crippen molar-refractivity contribution in [2.75, 3.05) is 5.73 Å². The van der Waals surface area contributed by atoms with Crippen LogP contribution in [-0.4, -0.2) is 21.1 Å². The van der Waals surface area contributed by atoms with Crippen molar-refractivity contribution in [2.45, 2.75) is 0 Å². The number of aromatic amines is 1. The summed E-state index contributed by atoms with van der Waals surface area (Å²) in [7, 11) is 0. The standard InChI is InChI=1S/C25H19N5O2/c26-24-22-21(29-30-24)14-20(15-6-8-17(9-7-15)25(27)31)28-23(22)16-10-12-19(13-11-16)32-18-4-2-1-3-5-18/h1-14H,(H2,27,31)(H3,26,29,30). The molecule has 5 aromatic rings. The number of ether oxygens (including phenoxy) is 1. The number of rotatable bonds is 5. The van der Waals surface area contributed by atoms with Crippen molar-refractivity contribution < 1.29 is 9.53 Å². The highest BCUT2D eigenvalue weighted by Gasteiger charge is 2.15.